The highest BCUT2D eigenvalue weighted by molar-refractivity contribution is 5.90. The van der Waals surface area contributed by atoms with Gasteiger partial charge in [-0.25, -0.2) is 0 Å². The minimum absolute atomic E-state index is 0.560. The van der Waals surface area contributed by atoms with Gasteiger partial charge in [-0.05, 0) is 44.5 Å². The van der Waals surface area contributed by atoms with Gasteiger partial charge in [0, 0.05) is 35.1 Å². The summed E-state index contributed by atoms with van der Waals surface area (Å²) in [7, 11) is 2.27. The Morgan fingerprint density at radius 2 is 2.11 bits per heavy atom. The van der Waals surface area contributed by atoms with Gasteiger partial charge in [-0.1, -0.05) is 23.8 Å². The molecule has 1 N–H and O–H groups in total. The largest absolute Gasteiger partial charge is 0.358 e. The lowest BCUT2D eigenvalue weighted by Gasteiger charge is -2.41. The number of rotatable bonds is 0. The van der Waals surface area contributed by atoms with Gasteiger partial charge in [0.1, 0.15) is 0 Å². The van der Waals surface area contributed by atoms with Crippen LogP contribution in [0.4, 0.5) is 0 Å². The Bertz CT molecular complexity index is 693. The topological polar surface area (TPSA) is 19.0 Å². The van der Waals surface area contributed by atoms with Crippen LogP contribution in [0.25, 0.3) is 10.9 Å². The molecule has 2 aliphatic rings. The van der Waals surface area contributed by atoms with Crippen LogP contribution in [0, 0.1) is 6.92 Å². The van der Waals surface area contributed by atoms with Gasteiger partial charge < -0.3 is 4.98 Å². The number of hydrogen-bond donors (Lipinski definition) is 1. The van der Waals surface area contributed by atoms with Crippen molar-refractivity contribution in [1.29, 1.82) is 0 Å². The zero-order valence-corrected chi connectivity index (χ0v) is 11.8. The van der Waals surface area contributed by atoms with Gasteiger partial charge in [0.25, 0.3) is 0 Å². The number of fused-ring (bicyclic) bond motifs is 2. The molecule has 1 aromatic carbocycles. The third kappa shape index (κ3) is 1.47. The number of H-pyrrole nitrogens is 1. The maximum absolute atomic E-state index is 3.56. The summed E-state index contributed by atoms with van der Waals surface area (Å²) in [5, 5.41) is 1.49. The molecule has 2 aromatic rings. The van der Waals surface area contributed by atoms with Crippen LogP contribution in [-0.4, -0.2) is 29.5 Å². The van der Waals surface area contributed by atoms with E-state index in [2.05, 4.69) is 55.1 Å². The Labute approximate surface area is 114 Å². The lowest BCUT2D eigenvalue weighted by molar-refractivity contribution is 0.224. The summed E-state index contributed by atoms with van der Waals surface area (Å²) in [4.78, 5) is 6.08. The summed E-state index contributed by atoms with van der Waals surface area (Å²) in [6.07, 6.45) is 3.67. The van der Waals surface area contributed by atoms with Crippen LogP contribution in [0.1, 0.15) is 29.7 Å². The Hall–Kier alpha value is -1.54. The monoisotopic (exact) mass is 252 g/mol. The summed E-state index contributed by atoms with van der Waals surface area (Å²) < 4.78 is 0. The third-order valence-corrected chi connectivity index (χ3v) is 4.89. The Balaban J connectivity index is 2.02. The molecule has 2 heteroatoms. The molecular weight excluding hydrogens is 232 g/mol. The van der Waals surface area contributed by atoms with E-state index in [1.165, 1.54) is 39.7 Å². The fraction of sp³-hybridized carbons (Fsp3) is 0.412. The second-order valence-corrected chi connectivity index (χ2v) is 6.22. The summed E-state index contributed by atoms with van der Waals surface area (Å²) in [6.45, 7) is 5.57. The maximum Gasteiger partial charge on any atom is 0.0461 e. The van der Waals surface area contributed by atoms with Gasteiger partial charge in [-0.15, -0.1) is 0 Å². The van der Waals surface area contributed by atoms with E-state index < -0.39 is 0 Å². The molecule has 1 aromatic heterocycles. The summed E-state index contributed by atoms with van der Waals surface area (Å²) >= 11 is 0. The molecule has 4 rings (SSSR count). The minimum atomic E-state index is 0.560. The van der Waals surface area contributed by atoms with Crippen LogP contribution in [-0.2, 0) is 6.42 Å². The lowest BCUT2D eigenvalue weighted by atomic mass is 9.76. The van der Waals surface area contributed by atoms with E-state index >= 15 is 0 Å². The van der Waals surface area contributed by atoms with Crippen LogP contribution in [0.2, 0.25) is 0 Å². The molecule has 2 nitrogen and oxygen atoms in total. The number of aromatic amines is 1. The number of aromatic nitrogens is 1. The number of likely N-dealkylation sites (N-methyl/N-ethyl adjacent to an activating group) is 1. The van der Waals surface area contributed by atoms with E-state index in [-0.39, 0.29) is 0 Å². The molecule has 0 fully saturated rings. The summed E-state index contributed by atoms with van der Waals surface area (Å²) in [5.41, 5.74) is 7.20. The molecule has 0 saturated heterocycles. The number of hydrogen-bond acceptors (Lipinski definition) is 1. The first kappa shape index (κ1) is 11.3. The molecule has 1 aliphatic heterocycles. The molecule has 2 atom stereocenters. The molecule has 0 bridgehead atoms. The Morgan fingerprint density at radius 3 is 2.95 bits per heavy atom. The van der Waals surface area contributed by atoms with Gasteiger partial charge in [-0.3, -0.25) is 4.90 Å². The molecule has 0 unspecified atom stereocenters. The van der Waals surface area contributed by atoms with Crippen molar-refractivity contribution in [3.8, 4) is 0 Å². The average molecular weight is 252 g/mol. The highest BCUT2D eigenvalue weighted by Gasteiger charge is 2.35. The highest BCUT2D eigenvalue weighted by Crippen LogP contribution is 2.42. The highest BCUT2D eigenvalue weighted by atomic mass is 15.1. The molecule has 0 radical (unpaired) electrons. The van der Waals surface area contributed by atoms with E-state index in [4.69, 9.17) is 0 Å². The van der Waals surface area contributed by atoms with Crippen LogP contribution >= 0.6 is 0 Å². The standard InChI is InChI=1S/C17H20N2/c1-10-7-14-12-5-4-6-15-17(12)13(11(2)18-15)8-16(14)19(3)9-10/h4-7,14,16,18H,8-9H2,1-3H3/t14-,16-/m1/s1. The van der Waals surface area contributed by atoms with E-state index in [1.807, 2.05) is 0 Å². The Morgan fingerprint density at radius 1 is 1.26 bits per heavy atom. The molecule has 98 valence electrons. The van der Waals surface area contributed by atoms with Crippen molar-refractivity contribution >= 4 is 10.9 Å². The second kappa shape index (κ2) is 3.73. The number of aryl methyl sites for hydroxylation is 1. The van der Waals surface area contributed by atoms with Crippen molar-refractivity contribution < 1.29 is 0 Å². The van der Waals surface area contributed by atoms with E-state index in [0.29, 0.717) is 12.0 Å². The van der Waals surface area contributed by atoms with Crippen LogP contribution in [0.3, 0.4) is 0 Å². The van der Waals surface area contributed by atoms with Crippen molar-refractivity contribution in [2.24, 2.45) is 0 Å². The van der Waals surface area contributed by atoms with Crippen molar-refractivity contribution in [1.82, 2.24) is 9.88 Å². The van der Waals surface area contributed by atoms with Gasteiger partial charge >= 0.3 is 0 Å². The van der Waals surface area contributed by atoms with Crippen molar-refractivity contribution in [3.05, 3.63) is 46.7 Å². The lowest BCUT2D eigenvalue weighted by Crippen LogP contribution is -2.43. The summed E-state index contributed by atoms with van der Waals surface area (Å²) in [6, 6.07) is 7.34. The molecule has 2 heterocycles. The maximum atomic E-state index is 3.56. The predicted octanol–water partition coefficient (Wildman–Crippen LogP) is 3.38. The zero-order chi connectivity index (χ0) is 13.1. The summed E-state index contributed by atoms with van der Waals surface area (Å²) in [5.74, 6) is 0.560. The van der Waals surface area contributed by atoms with Gasteiger partial charge in [0.15, 0.2) is 0 Å². The molecule has 1 aliphatic carbocycles. The van der Waals surface area contributed by atoms with Crippen LogP contribution in [0.15, 0.2) is 29.8 Å². The van der Waals surface area contributed by atoms with Crippen molar-refractivity contribution in [2.45, 2.75) is 32.2 Å². The smallest absolute Gasteiger partial charge is 0.0461 e. The quantitative estimate of drug-likeness (QED) is 0.712. The predicted molar refractivity (Wildman–Crippen MR) is 79.7 cm³/mol. The Kier molecular flexibility index (Phi) is 2.22. The average Bonchev–Trinajstić information content (AvgIpc) is 2.69. The van der Waals surface area contributed by atoms with Crippen LogP contribution in [0.5, 0.6) is 0 Å². The molecule has 0 saturated carbocycles. The SMILES string of the molecule is CC1=C[C@@H]2c3cccc4[nH]c(C)c(c34)C[C@H]2N(C)C1. The first-order valence-electron chi connectivity index (χ1n) is 7.13. The van der Waals surface area contributed by atoms with Crippen molar-refractivity contribution in [3.63, 3.8) is 0 Å². The zero-order valence-electron chi connectivity index (χ0n) is 11.8. The number of nitrogens with one attached hydrogen (secondary N) is 1. The van der Waals surface area contributed by atoms with Gasteiger partial charge in [0.05, 0.1) is 0 Å². The normalized spacial score (nSPS) is 26.4. The molecular formula is C17H20N2. The van der Waals surface area contributed by atoms with Crippen molar-refractivity contribution in [2.75, 3.05) is 13.6 Å². The van der Waals surface area contributed by atoms with E-state index in [0.717, 1.165) is 6.54 Å². The molecule has 0 spiro atoms. The molecule has 19 heavy (non-hydrogen) atoms. The number of nitrogens with zero attached hydrogens (tertiary/aromatic N) is 1. The van der Waals surface area contributed by atoms with E-state index in [1.54, 1.807) is 0 Å². The fourth-order valence-corrected chi connectivity index (χ4v) is 4.05. The first-order chi connectivity index (χ1) is 9.15. The second-order valence-electron chi connectivity index (χ2n) is 6.22. The first-order valence-corrected chi connectivity index (χ1v) is 7.13. The third-order valence-electron chi connectivity index (χ3n) is 4.89. The van der Waals surface area contributed by atoms with Crippen LogP contribution < -0.4 is 0 Å². The fourth-order valence-electron chi connectivity index (χ4n) is 4.05. The molecule has 0 amide bonds. The van der Waals surface area contributed by atoms with E-state index in [9.17, 15) is 0 Å². The van der Waals surface area contributed by atoms with Gasteiger partial charge in [0.2, 0.25) is 0 Å². The minimum Gasteiger partial charge on any atom is -0.358 e. The van der Waals surface area contributed by atoms with Gasteiger partial charge in [-0.2, -0.15) is 0 Å². The number of benzene rings is 1.